The molecule has 4 rings (SSSR count). The molecule has 2 aromatic carbocycles. The Morgan fingerprint density at radius 1 is 1.07 bits per heavy atom. The molecule has 1 atom stereocenters. The largest absolute Gasteiger partial charge is 0.480 e. The van der Waals surface area contributed by atoms with Crippen LogP contribution in [0.15, 0.2) is 48.5 Å². The lowest BCUT2D eigenvalue weighted by atomic mass is 9.98. The van der Waals surface area contributed by atoms with Gasteiger partial charge in [-0.15, -0.1) is 0 Å². The maximum absolute atomic E-state index is 12.4. The Hall–Kier alpha value is -3.35. The summed E-state index contributed by atoms with van der Waals surface area (Å²) < 4.78 is 5.47. The number of carbonyl (C=O) groups excluding carboxylic acids is 2. The number of carboxylic acid groups (broad SMARTS) is 1. The van der Waals surface area contributed by atoms with Crippen LogP contribution in [-0.2, 0) is 14.3 Å². The third-order valence-corrected chi connectivity index (χ3v) is 5.59. The Labute approximate surface area is 168 Å². The van der Waals surface area contributed by atoms with Crippen LogP contribution in [0.4, 0.5) is 4.79 Å². The predicted molar refractivity (Wildman–Crippen MR) is 105 cm³/mol. The number of benzene rings is 2. The van der Waals surface area contributed by atoms with Crippen LogP contribution < -0.4 is 10.6 Å². The van der Waals surface area contributed by atoms with Gasteiger partial charge in [0.15, 0.2) is 0 Å². The van der Waals surface area contributed by atoms with E-state index >= 15 is 0 Å². The predicted octanol–water partition coefficient (Wildman–Crippen LogP) is 2.65. The van der Waals surface area contributed by atoms with E-state index in [4.69, 9.17) is 9.84 Å². The molecule has 29 heavy (non-hydrogen) atoms. The van der Waals surface area contributed by atoms with Crippen molar-refractivity contribution in [2.45, 2.75) is 37.3 Å². The first-order valence-corrected chi connectivity index (χ1v) is 9.58. The van der Waals surface area contributed by atoms with Gasteiger partial charge in [0.1, 0.15) is 18.2 Å². The molecule has 0 bridgehead atoms. The molecule has 0 aliphatic heterocycles. The van der Waals surface area contributed by atoms with Gasteiger partial charge < -0.3 is 20.5 Å². The minimum Gasteiger partial charge on any atom is -0.480 e. The van der Waals surface area contributed by atoms with Crippen molar-refractivity contribution in [3.8, 4) is 11.1 Å². The highest BCUT2D eigenvalue weighted by Crippen LogP contribution is 2.44. The quantitative estimate of drug-likeness (QED) is 0.699. The fraction of sp³-hybridized carbons (Fsp3) is 0.318. The summed E-state index contributed by atoms with van der Waals surface area (Å²) in [6, 6.07) is 15.1. The fourth-order valence-corrected chi connectivity index (χ4v) is 3.76. The minimum atomic E-state index is -1.13. The highest BCUT2D eigenvalue weighted by Gasteiger charge is 2.52. The first-order valence-electron chi connectivity index (χ1n) is 9.58. The summed E-state index contributed by atoms with van der Waals surface area (Å²) in [7, 11) is 0. The van der Waals surface area contributed by atoms with E-state index in [9.17, 15) is 14.4 Å². The van der Waals surface area contributed by atoms with E-state index < -0.39 is 29.6 Å². The number of alkyl carbamates (subject to hydrolysis) is 1. The summed E-state index contributed by atoms with van der Waals surface area (Å²) in [5, 5.41) is 14.0. The molecule has 2 aromatic rings. The van der Waals surface area contributed by atoms with E-state index in [1.165, 1.54) is 6.92 Å². The van der Waals surface area contributed by atoms with Crippen molar-refractivity contribution in [3.63, 3.8) is 0 Å². The molecule has 0 heterocycles. The molecule has 150 valence electrons. The SMILES string of the molecule is C[C@H](NC(=O)C1(NC(=O)OCC2c3ccccc3-c3ccccc32)CC1)C(=O)O. The molecule has 0 aromatic heterocycles. The molecule has 1 saturated carbocycles. The zero-order valence-corrected chi connectivity index (χ0v) is 16.0. The number of aliphatic carboxylic acids is 1. The van der Waals surface area contributed by atoms with Crippen LogP contribution in [0.3, 0.4) is 0 Å². The van der Waals surface area contributed by atoms with Gasteiger partial charge in [0.25, 0.3) is 0 Å². The monoisotopic (exact) mass is 394 g/mol. The van der Waals surface area contributed by atoms with E-state index in [-0.39, 0.29) is 12.5 Å². The van der Waals surface area contributed by atoms with Crippen molar-refractivity contribution in [3.05, 3.63) is 59.7 Å². The molecule has 3 N–H and O–H groups in total. The topological polar surface area (TPSA) is 105 Å². The highest BCUT2D eigenvalue weighted by molar-refractivity contribution is 5.95. The van der Waals surface area contributed by atoms with Gasteiger partial charge >= 0.3 is 12.1 Å². The van der Waals surface area contributed by atoms with Gasteiger partial charge in [0, 0.05) is 5.92 Å². The molecular formula is C22H22N2O5. The van der Waals surface area contributed by atoms with Crippen molar-refractivity contribution < 1.29 is 24.2 Å². The van der Waals surface area contributed by atoms with Crippen LogP contribution in [-0.4, -0.2) is 41.3 Å². The maximum atomic E-state index is 12.4. The van der Waals surface area contributed by atoms with Gasteiger partial charge in [0.2, 0.25) is 5.91 Å². The zero-order chi connectivity index (χ0) is 20.6. The number of rotatable bonds is 6. The molecule has 0 radical (unpaired) electrons. The van der Waals surface area contributed by atoms with Gasteiger partial charge in [0.05, 0.1) is 0 Å². The van der Waals surface area contributed by atoms with Crippen LogP contribution in [0.2, 0.25) is 0 Å². The molecule has 0 unspecified atom stereocenters. The summed E-state index contributed by atoms with van der Waals surface area (Å²) in [5.41, 5.74) is 3.41. The molecule has 7 nitrogen and oxygen atoms in total. The minimum absolute atomic E-state index is 0.0656. The third kappa shape index (κ3) is 3.55. The lowest BCUT2D eigenvalue weighted by Gasteiger charge is -2.20. The first kappa shape index (κ1) is 19.0. The fourth-order valence-electron chi connectivity index (χ4n) is 3.76. The standard InChI is InChI=1S/C22H22N2O5/c1-13(19(25)26)23-20(27)22(10-11-22)24-21(28)29-12-18-16-8-4-2-6-14(16)15-7-3-5-9-17(15)18/h2-9,13,18H,10-12H2,1H3,(H,23,27)(H,24,28)(H,25,26)/t13-/m0/s1. The van der Waals surface area contributed by atoms with E-state index in [1.807, 2.05) is 36.4 Å². The number of carbonyl (C=O) groups is 3. The smallest absolute Gasteiger partial charge is 0.408 e. The Balaban J connectivity index is 1.41. The molecule has 0 saturated heterocycles. The molecule has 2 aliphatic rings. The van der Waals surface area contributed by atoms with Crippen LogP contribution >= 0.6 is 0 Å². The lowest BCUT2D eigenvalue weighted by Crippen LogP contribution is -2.52. The summed E-state index contributed by atoms with van der Waals surface area (Å²) in [5.74, 6) is -1.69. The second kappa shape index (κ2) is 7.24. The Bertz CT molecular complexity index is 937. The number of hydrogen-bond acceptors (Lipinski definition) is 4. The summed E-state index contributed by atoms with van der Waals surface area (Å²) in [6.45, 7) is 1.53. The number of carboxylic acids is 1. The van der Waals surface area contributed by atoms with Gasteiger partial charge in [-0.1, -0.05) is 48.5 Å². The van der Waals surface area contributed by atoms with Crippen molar-refractivity contribution in [1.82, 2.24) is 10.6 Å². The Kier molecular flexibility index (Phi) is 4.74. The zero-order valence-electron chi connectivity index (χ0n) is 16.0. The molecule has 0 spiro atoms. The second-order valence-corrected chi connectivity index (χ2v) is 7.57. The van der Waals surface area contributed by atoms with Crippen molar-refractivity contribution in [2.75, 3.05) is 6.61 Å². The average Bonchev–Trinajstić information content (AvgIpc) is 3.42. The number of amides is 2. The van der Waals surface area contributed by atoms with Gasteiger partial charge in [-0.05, 0) is 42.0 Å². The summed E-state index contributed by atoms with van der Waals surface area (Å²) in [4.78, 5) is 35.6. The summed E-state index contributed by atoms with van der Waals surface area (Å²) >= 11 is 0. The lowest BCUT2D eigenvalue weighted by molar-refractivity contribution is -0.141. The Morgan fingerprint density at radius 3 is 2.14 bits per heavy atom. The van der Waals surface area contributed by atoms with Crippen molar-refractivity contribution in [2.24, 2.45) is 0 Å². The number of ether oxygens (including phenoxy) is 1. The molecule has 7 heteroatoms. The van der Waals surface area contributed by atoms with Gasteiger partial charge in [-0.25, -0.2) is 4.79 Å². The third-order valence-electron chi connectivity index (χ3n) is 5.59. The molecule has 2 aliphatic carbocycles. The van der Waals surface area contributed by atoms with Crippen molar-refractivity contribution >= 4 is 18.0 Å². The number of nitrogens with one attached hydrogen (secondary N) is 2. The van der Waals surface area contributed by atoms with Crippen LogP contribution in [0, 0.1) is 0 Å². The first-order chi connectivity index (χ1) is 13.9. The maximum Gasteiger partial charge on any atom is 0.408 e. The van der Waals surface area contributed by atoms with E-state index in [2.05, 4.69) is 22.8 Å². The molecular weight excluding hydrogens is 372 g/mol. The van der Waals surface area contributed by atoms with Crippen molar-refractivity contribution in [1.29, 1.82) is 0 Å². The molecule has 2 amide bonds. The van der Waals surface area contributed by atoms with Gasteiger partial charge in [-0.3, -0.25) is 9.59 Å². The van der Waals surface area contributed by atoms with Gasteiger partial charge in [-0.2, -0.15) is 0 Å². The highest BCUT2D eigenvalue weighted by atomic mass is 16.5. The van der Waals surface area contributed by atoms with Crippen LogP contribution in [0.25, 0.3) is 11.1 Å². The van der Waals surface area contributed by atoms with Crippen LogP contribution in [0.1, 0.15) is 36.8 Å². The Morgan fingerprint density at radius 2 is 1.62 bits per heavy atom. The van der Waals surface area contributed by atoms with E-state index in [1.54, 1.807) is 0 Å². The normalized spacial score (nSPS) is 16.9. The average molecular weight is 394 g/mol. The van der Waals surface area contributed by atoms with Crippen LogP contribution in [0.5, 0.6) is 0 Å². The van der Waals surface area contributed by atoms with E-state index in [0.29, 0.717) is 12.8 Å². The second-order valence-electron chi connectivity index (χ2n) is 7.57. The summed E-state index contributed by atoms with van der Waals surface area (Å²) in [6.07, 6.45) is 0.229. The number of hydrogen-bond donors (Lipinski definition) is 3. The van der Waals surface area contributed by atoms with E-state index in [0.717, 1.165) is 22.3 Å². The number of fused-ring (bicyclic) bond motifs is 3. The molecule has 1 fully saturated rings.